The Morgan fingerprint density at radius 1 is 1.08 bits per heavy atom. The number of thiocarbonyl (C=S) groups is 1. The lowest BCUT2D eigenvalue weighted by atomic mass is 10.0. The first-order valence-electron chi connectivity index (χ1n) is 9.01. The zero-order chi connectivity index (χ0) is 17.6. The molecule has 1 aliphatic carbocycles. The number of aryl methyl sites for hydroxylation is 1. The van der Waals surface area contributed by atoms with Crippen molar-refractivity contribution in [3.63, 3.8) is 0 Å². The fourth-order valence-corrected chi connectivity index (χ4v) is 3.62. The van der Waals surface area contributed by atoms with Crippen LogP contribution >= 0.6 is 12.2 Å². The molecule has 0 aliphatic heterocycles. The average molecular weight is 355 g/mol. The van der Waals surface area contributed by atoms with Crippen LogP contribution < -0.4 is 15.4 Å². The Hall–Kier alpha value is -2.07. The maximum atomic E-state index is 5.99. The van der Waals surface area contributed by atoms with E-state index in [1.807, 2.05) is 24.3 Å². The van der Waals surface area contributed by atoms with E-state index in [2.05, 4.69) is 48.7 Å². The van der Waals surface area contributed by atoms with Gasteiger partial charge in [0.1, 0.15) is 5.75 Å². The summed E-state index contributed by atoms with van der Waals surface area (Å²) in [4.78, 5) is 0. The minimum absolute atomic E-state index is 0.158. The van der Waals surface area contributed by atoms with E-state index in [1.165, 1.54) is 36.8 Å². The summed E-state index contributed by atoms with van der Waals surface area (Å²) >= 11 is 5.45. The lowest BCUT2D eigenvalue weighted by Crippen LogP contribution is -2.31. The van der Waals surface area contributed by atoms with Crippen LogP contribution in [0.2, 0.25) is 0 Å². The van der Waals surface area contributed by atoms with Crippen LogP contribution in [0.3, 0.4) is 0 Å². The molecule has 0 radical (unpaired) electrons. The van der Waals surface area contributed by atoms with E-state index in [4.69, 9.17) is 17.0 Å². The fourth-order valence-electron chi connectivity index (χ4n) is 3.33. The molecule has 25 heavy (non-hydrogen) atoms. The quantitative estimate of drug-likeness (QED) is 0.708. The number of benzene rings is 2. The number of ether oxygens (including phenoxy) is 1. The highest BCUT2D eigenvalue weighted by Crippen LogP contribution is 2.25. The lowest BCUT2D eigenvalue weighted by molar-refractivity contribution is 0.210. The maximum Gasteiger partial charge on any atom is 0.171 e. The van der Waals surface area contributed by atoms with Crippen LogP contribution in [-0.2, 0) is 0 Å². The molecule has 1 atom stereocenters. The van der Waals surface area contributed by atoms with Gasteiger partial charge in [-0.15, -0.1) is 0 Å². The Balaban J connectivity index is 1.53. The molecule has 0 spiro atoms. The molecule has 0 amide bonds. The zero-order valence-electron chi connectivity index (χ0n) is 14.9. The molecular formula is C21H26N2OS. The van der Waals surface area contributed by atoms with E-state index in [1.54, 1.807) is 0 Å². The highest BCUT2D eigenvalue weighted by Gasteiger charge is 2.16. The molecule has 2 aromatic rings. The molecule has 1 unspecified atom stereocenters. The first-order valence-corrected chi connectivity index (χ1v) is 9.42. The highest BCUT2D eigenvalue weighted by atomic mass is 32.1. The van der Waals surface area contributed by atoms with Crippen LogP contribution in [0.15, 0.2) is 48.5 Å². The molecule has 2 N–H and O–H groups in total. The molecule has 3 rings (SSSR count). The second-order valence-corrected chi connectivity index (χ2v) is 7.13. The first-order chi connectivity index (χ1) is 12.1. The summed E-state index contributed by atoms with van der Waals surface area (Å²) < 4.78 is 5.99. The van der Waals surface area contributed by atoms with E-state index in [-0.39, 0.29) is 6.04 Å². The average Bonchev–Trinajstić information content (AvgIpc) is 3.10. The third-order valence-electron chi connectivity index (χ3n) is 4.72. The lowest BCUT2D eigenvalue weighted by Gasteiger charge is -2.19. The maximum absolute atomic E-state index is 5.99. The van der Waals surface area contributed by atoms with Gasteiger partial charge in [-0.25, -0.2) is 0 Å². The molecule has 1 aliphatic rings. The zero-order valence-corrected chi connectivity index (χ0v) is 15.7. The predicted octanol–water partition coefficient (Wildman–Crippen LogP) is 5.36. The van der Waals surface area contributed by atoms with E-state index in [0.29, 0.717) is 11.2 Å². The minimum Gasteiger partial charge on any atom is -0.490 e. The third kappa shape index (κ3) is 4.95. The molecule has 0 aromatic heterocycles. The summed E-state index contributed by atoms with van der Waals surface area (Å²) in [6.45, 7) is 4.24. The van der Waals surface area contributed by atoms with Crippen LogP contribution in [0.25, 0.3) is 0 Å². The molecule has 132 valence electrons. The van der Waals surface area contributed by atoms with Crippen molar-refractivity contribution in [2.75, 3.05) is 5.32 Å². The first kappa shape index (κ1) is 17.7. The van der Waals surface area contributed by atoms with E-state index in [0.717, 1.165) is 11.4 Å². The van der Waals surface area contributed by atoms with Crippen molar-refractivity contribution in [1.29, 1.82) is 0 Å². The summed E-state index contributed by atoms with van der Waals surface area (Å²) in [6, 6.07) is 16.6. The predicted molar refractivity (Wildman–Crippen MR) is 108 cm³/mol. The Bertz CT molecular complexity index is 708. The van der Waals surface area contributed by atoms with E-state index >= 15 is 0 Å². The number of anilines is 1. The van der Waals surface area contributed by atoms with Crippen LogP contribution in [0.1, 0.15) is 49.8 Å². The summed E-state index contributed by atoms with van der Waals surface area (Å²) in [5, 5.41) is 7.22. The third-order valence-corrected chi connectivity index (χ3v) is 4.94. The van der Waals surface area contributed by atoms with Crippen LogP contribution in [0.4, 0.5) is 5.69 Å². The fraction of sp³-hybridized carbons (Fsp3) is 0.381. The Kier molecular flexibility index (Phi) is 5.92. The van der Waals surface area contributed by atoms with Gasteiger partial charge in [0.25, 0.3) is 0 Å². The second-order valence-electron chi connectivity index (χ2n) is 6.73. The van der Waals surface area contributed by atoms with E-state index in [9.17, 15) is 0 Å². The van der Waals surface area contributed by atoms with Crippen molar-refractivity contribution in [3.05, 3.63) is 59.7 Å². The van der Waals surface area contributed by atoms with Gasteiger partial charge < -0.3 is 15.4 Å². The molecule has 2 aromatic carbocycles. The van der Waals surface area contributed by atoms with Crippen molar-refractivity contribution >= 4 is 23.0 Å². The van der Waals surface area contributed by atoms with Crippen molar-refractivity contribution in [3.8, 4) is 5.75 Å². The molecule has 0 saturated heterocycles. The Morgan fingerprint density at radius 3 is 2.44 bits per heavy atom. The molecule has 4 heteroatoms. The highest BCUT2D eigenvalue weighted by molar-refractivity contribution is 7.80. The molecule has 0 heterocycles. The summed E-state index contributed by atoms with van der Waals surface area (Å²) in [7, 11) is 0. The van der Waals surface area contributed by atoms with Gasteiger partial charge in [-0.3, -0.25) is 0 Å². The van der Waals surface area contributed by atoms with Gasteiger partial charge in [-0.1, -0.05) is 24.3 Å². The van der Waals surface area contributed by atoms with Crippen molar-refractivity contribution < 1.29 is 4.74 Å². The second kappa shape index (κ2) is 8.34. The van der Waals surface area contributed by atoms with Crippen molar-refractivity contribution in [2.45, 2.75) is 51.7 Å². The summed E-state index contributed by atoms with van der Waals surface area (Å²) in [5.41, 5.74) is 3.49. The summed E-state index contributed by atoms with van der Waals surface area (Å²) in [6.07, 6.45) is 5.29. The standard InChI is InChI=1S/C21H26N2OS/c1-15-7-3-6-10-20(15)16(2)22-21(25)23-17-11-13-19(14-12-17)24-18-8-4-5-9-18/h3,6-7,10-14,16,18H,4-5,8-9H2,1-2H3,(H2,22,23,25). The number of hydrogen-bond donors (Lipinski definition) is 2. The van der Waals surface area contributed by atoms with Crippen LogP contribution in [0, 0.1) is 6.92 Å². The van der Waals surface area contributed by atoms with Crippen LogP contribution in [0.5, 0.6) is 5.75 Å². The molecule has 1 fully saturated rings. The number of rotatable bonds is 5. The van der Waals surface area contributed by atoms with Crippen molar-refractivity contribution in [1.82, 2.24) is 5.32 Å². The molecule has 0 bridgehead atoms. The smallest absolute Gasteiger partial charge is 0.171 e. The van der Waals surface area contributed by atoms with Gasteiger partial charge in [-0.2, -0.15) is 0 Å². The molecule has 3 nitrogen and oxygen atoms in total. The molecule has 1 saturated carbocycles. The summed E-state index contributed by atoms with van der Waals surface area (Å²) in [5.74, 6) is 0.935. The van der Waals surface area contributed by atoms with Gasteiger partial charge in [0.2, 0.25) is 0 Å². The topological polar surface area (TPSA) is 33.3 Å². The monoisotopic (exact) mass is 354 g/mol. The Labute approximate surface area is 155 Å². The van der Waals surface area contributed by atoms with Gasteiger partial charge in [-0.05, 0) is 87.1 Å². The van der Waals surface area contributed by atoms with Crippen LogP contribution in [-0.4, -0.2) is 11.2 Å². The van der Waals surface area contributed by atoms with E-state index < -0.39 is 0 Å². The number of nitrogens with one attached hydrogen (secondary N) is 2. The minimum atomic E-state index is 0.158. The Morgan fingerprint density at radius 2 is 1.76 bits per heavy atom. The number of hydrogen-bond acceptors (Lipinski definition) is 2. The normalized spacial score (nSPS) is 15.6. The SMILES string of the molecule is Cc1ccccc1C(C)NC(=S)Nc1ccc(OC2CCCC2)cc1. The van der Waals surface area contributed by atoms with Gasteiger partial charge in [0, 0.05) is 5.69 Å². The van der Waals surface area contributed by atoms with Gasteiger partial charge in [0.15, 0.2) is 5.11 Å². The van der Waals surface area contributed by atoms with Gasteiger partial charge in [0.05, 0.1) is 12.1 Å². The van der Waals surface area contributed by atoms with Gasteiger partial charge >= 0.3 is 0 Å². The van der Waals surface area contributed by atoms with Crippen molar-refractivity contribution in [2.24, 2.45) is 0 Å². The largest absolute Gasteiger partial charge is 0.490 e. The molecular weight excluding hydrogens is 328 g/mol.